The Morgan fingerprint density at radius 3 is 2.44 bits per heavy atom. The van der Waals surface area contributed by atoms with Crippen molar-refractivity contribution in [1.29, 1.82) is 0 Å². The van der Waals surface area contributed by atoms with Crippen molar-refractivity contribution in [3.8, 4) is 11.3 Å². The summed E-state index contributed by atoms with van der Waals surface area (Å²) in [6.45, 7) is 3.73. The van der Waals surface area contributed by atoms with E-state index < -0.39 is 6.10 Å². The molecule has 0 aliphatic rings. The molecule has 1 N–H and O–H groups in total. The van der Waals surface area contributed by atoms with Crippen molar-refractivity contribution in [2.75, 3.05) is 0 Å². The summed E-state index contributed by atoms with van der Waals surface area (Å²) in [6, 6.07) is 7.57. The molecule has 16 heavy (non-hydrogen) atoms. The molecule has 1 aromatic heterocycles. The fourth-order valence-corrected chi connectivity index (χ4v) is 2.48. The number of thiazole rings is 1. The van der Waals surface area contributed by atoms with E-state index in [1.807, 2.05) is 31.2 Å². The molecule has 0 aliphatic heterocycles. The summed E-state index contributed by atoms with van der Waals surface area (Å²) in [5.74, 6) is 0. The molecule has 0 aliphatic carbocycles. The maximum atomic E-state index is 9.48. The van der Waals surface area contributed by atoms with Crippen LogP contribution in [0.3, 0.4) is 0 Å². The van der Waals surface area contributed by atoms with Crippen molar-refractivity contribution in [1.82, 2.24) is 4.98 Å². The van der Waals surface area contributed by atoms with Gasteiger partial charge in [0.15, 0.2) is 0 Å². The Morgan fingerprint density at radius 2 is 1.94 bits per heavy atom. The van der Waals surface area contributed by atoms with Gasteiger partial charge in [0.25, 0.3) is 0 Å². The lowest BCUT2D eigenvalue weighted by Crippen LogP contribution is -1.89. The van der Waals surface area contributed by atoms with Crippen LogP contribution in [0.15, 0.2) is 24.3 Å². The average Bonchev–Trinajstić information content (AvgIpc) is 2.62. The number of aliphatic hydroxyl groups excluding tert-OH is 1. The van der Waals surface area contributed by atoms with Gasteiger partial charge in [-0.3, -0.25) is 0 Å². The van der Waals surface area contributed by atoms with E-state index in [1.54, 1.807) is 6.92 Å². The molecule has 0 fully saturated rings. The molecule has 4 heteroatoms. The minimum atomic E-state index is -0.509. The summed E-state index contributed by atoms with van der Waals surface area (Å²) in [4.78, 5) is 5.54. The van der Waals surface area contributed by atoms with Gasteiger partial charge in [-0.2, -0.15) is 0 Å². The van der Waals surface area contributed by atoms with E-state index >= 15 is 0 Å². The van der Waals surface area contributed by atoms with Crippen LogP contribution >= 0.6 is 22.9 Å². The number of nitrogens with zero attached hydrogens (tertiary/aromatic N) is 1. The molecule has 0 saturated heterocycles. The largest absolute Gasteiger partial charge is 0.386 e. The third-order valence-electron chi connectivity index (χ3n) is 2.29. The second kappa shape index (κ2) is 4.53. The van der Waals surface area contributed by atoms with Gasteiger partial charge in [-0.25, -0.2) is 4.98 Å². The quantitative estimate of drug-likeness (QED) is 0.883. The van der Waals surface area contributed by atoms with E-state index in [0.717, 1.165) is 21.1 Å². The molecular weight excluding hydrogens is 242 g/mol. The van der Waals surface area contributed by atoms with Crippen molar-refractivity contribution >= 4 is 22.9 Å². The second-order valence-electron chi connectivity index (χ2n) is 3.64. The number of aromatic nitrogens is 1. The highest BCUT2D eigenvalue weighted by Crippen LogP contribution is 2.30. The highest BCUT2D eigenvalue weighted by Gasteiger charge is 2.12. The van der Waals surface area contributed by atoms with Crippen LogP contribution in [-0.4, -0.2) is 10.1 Å². The molecule has 0 radical (unpaired) electrons. The summed E-state index contributed by atoms with van der Waals surface area (Å²) in [5.41, 5.74) is 1.96. The van der Waals surface area contributed by atoms with Gasteiger partial charge >= 0.3 is 0 Å². The topological polar surface area (TPSA) is 33.1 Å². The molecule has 0 bridgehead atoms. The van der Waals surface area contributed by atoms with Gasteiger partial charge < -0.3 is 5.11 Å². The summed E-state index contributed by atoms with van der Waals surface area (Å²) < 4.78 is 0. The standard InChI is InChI=1S/C12H12ClNOS/c1-7(15)12-14-11(8(2)16-12)9-3-5-10(13)6-4-9/h3-7,15H,1-2H3. The predicted octanol–water partition coefficient (Wildman–Crippen LogP) is 3.83. The van der Waals surface area contributed by atoms with Crippen LogP contribution in [0.4, 0.5) is 0 Å². The van der Waals surface area contributed by atoms with Crippen LogP contribution in [0.5, 0.6) is 0 Å². The molecule has 2 rings (SSSR count). The van der Waals surface area contributed by atoms with Gasteiger partial charge in [0.2, 0.25) is 0 Å². The number of hydrogen-bond donors (Lipinski definition) is 1. The fraction of sp³-hybridized carbons (Fsp3) is 0.250. The van der Waals surface area contributed by atoms with Gasteiger partial charge in [-0.1, -0.05) is 23.7 Å². The van der Waals surface area contributed by atoms with E-state index in [1.165, 1.54) is 11.3 Å². The van der Waals surface area contributed by atoms with Crippen LogP contribution < -0.4 is 0 Å². The van der Waals surface area contributed by atoms with Crippen LogP contribution in [0.25, 0.3) is 11.3 Å². The van der Waals surface area contributed by atoms with Crippen LogP contribution in [0.1, 0.15) is 22.9 Å². The highest BCUT2D eigenvalue weighted by molar-refractivity contribution is 7.12. The van der Waals surface area contributed by atoms with Gasteiger partial charge in [0, 0.05) is 15.5 Å². The number of hydrogen-bond acceptors (Lipinski definition) is 3. The Bertz CT molecular complexity index is 490. The van der Waals surface area contributed by atoms with Crippen molar-refractivity contribution in [2.24, 2.45) is 0 Å². The van der Waals surface area contributed by atoms with Crippen LogP contribution in [-0.2, 0) is 0 Å². The van der Waals surface area contributed by atoms with Crippen molar-refractivity contribution < 1.29 is 5.11 Å². The van der Waals surface area contributed by atoms with Crippen molar-refractivity contribution in [3.05, 3.63) is 39.2 Å². The van der Waals surface area contributed by atoms with Gasteiger partial charge in [0.05, 0.1) is 5.69 Å². The van der Waals surface area contributed by atoms with E-state index in [9.17, 15) is 5.11 Å². The monoisotopic (exact) mass is 253 g/mol. The summed E-state index contributed by atoms with van der Waals surface area (Å²) in [6.07, 6.45) is -0.509. The molecule has 2 aromatic rings. The highest BCUT2D eigenvalue weighted by atomic mass is 35.5. The Morgan fingerprint density at radius 1 is 1.31 bits per heavy atom. The third kappa shape index (κ3) is 2.26. The van der Waals surface area contributed by atoms with Crippen LogP contribution in [0.2, 0.25) is 5.02 Å². The zero-order valence-corrected chi connectivity index (χ0v) is 10.6. The van der Waals surface area contributed by atoms with E-state index in [-0.39, 0.29) is 0 Å². The van der Waals surface area contributed by atoms with Gasteiger partial charge in [0.1, 0.15) is 11.1 Å². The van der Waals surface area contributed by atoms with E-state index in [4.69, 9.17) is 11.6 Å². The van der Waals surface area contributed by atoms with E-state index in [2.05, 4.69) is 4.98 Å². The first-order chi connectivity index (χ1) is 7.58. The Hall–Kier alpha value is -0.900. The maximum absolute atomic E-state index is 9.48. The van der Waals surface area contributed by atoms with Crippen LogP contribution in [0, 0.1) is 6.92 Å². The Balaban J connectivity index is 2.44. The number of aliphatic hydroxyl groups is 1. The molecule has 1 aromatic carbocycles. The van der Waals surface area contributed by atoms with Crippen molar-refractivity contribution in [2.45, 2.75) is 20.0 Å². The average molecular weight is 254 g/mol. The summed E-state index contributed by atoms with van der Waals surface area (Å²) in [5, 5.41) is 10.9. The van der Waals surface area contributed by atoms with E-state index in [0.29, 0.717) is 5.02 Å². The molecule has 0 saturated carbocycles. The SMILES string of the molecule is Cc1sc(C(C)O)nc1-c1ccc(Cl)cc1. The lowest BCUT2D eigenvalue weighted by molar-refractivity contribution is 0.199. The number of rotatable bonds is 2. The number of aryl methyl sites for hydroxylation is 1. The molecule has 2 nitrogen and oxygen atoms in total. The minimum absolute atomic E-state index is 0.509. The van der Waals surface area contributed by atoms with Gasteiger partial charge in [-0.05, 0) is 26.0 Å². The molecular formula is C12H12ClNOS. The number of halogens is 1. The normalized spacial score (nSPS) is 12.8. The molecule has 84 valence electrons. The number of benzene rings is 1. The Labute approximate surface area is 104 Å². The third-order valence-corrected chi connectivity index (χ3v) is 3.68. The minimum Gasteiger partial charge on any atom is -0.386 e. The first-order valence-corrected chi connectivity index (χ1v) is 6.18. The fourth-order valence-electron chi connectivity index (χ4n) is 1.47. The summed E-state index contributed by atoms with van der Waals surface area (Å²) >= 11 is 7.36. The van der Waals surface area contributed by atoms with Crippen molar-refractivity contribution in [3.63, 3.8) is 0 Å². The smallest absolute Gasteiger partial charge is 0.122 e. The zero-order valence-electron chi connectivity index (χ0n) is 9.07. The molecule has 0 spiro atoms. The first kappa shape index (κ1) is 11.6. The molecule has 1 unspecified atom stereocenters. The summed E-state index contributed by atoms with van der Waals surface area (Å²) in [7, 11) is 0. The molecule has 0 amide bonds. The van der Waals surface area contributed by atoms with Gasteiger partial charge in [-0.15, -0.1) is 11.3 Å². The second-order valence-corrected chi connectivity index (χ2v) is 5.31. The zero-order chi connectivity index (χ0) is 11.7. The lowest BCUT2D eigenvalue weighted by Gasteiger charge is -1.99. The Kier molecular flexibility index (Phi) is 3.28. The molecule has 1 atom stereocenters. The predicted molar refractivity (Wildman–Crippen MR) is 67.9 cm³/mol. The maximum Gasteiger partial charge on any atom is 0.122 e. The first-order valence-electron chi connectivity index (χ1n) is 4.99. The lowest BCUT2D eigenvalue weighted by atomic mass is 10.1. The molecule has 1 heterocycles.